The molecule has 4 rings (SSSR count). The Bertz CT molecular complexity index is 835. The largest absolute Gasteiger partial charge is 0.335 e. The predicted octanol–water partition coefficient (Wildman–Crippen LogP) is 1.42. The molecule has 25 heavy (non-hydrogen) atoms. The van der Waals surface area contributed by atoms with Crippen molar-refractivity contribution in [3.63, 3.8) is 0 Å². The van der Waals surface area contributed by atoms with Gasteiger partial charge in [0.15, 0.2) is 5.65 Å². The van der Waals surface area contributed by atoms with Crippen LogP contribution in [0.15, 0.2) is 17.3 Å². The number of imidazole rings is 1. The molecule has 8 heteroatoms. The van der Waals surface area contributed by atoms with Gasteiger partial charge in [-0.15, -0.1) is 0 Å². The van der Waals surface area contributed by atoms with E-state index in [1.807, 2.05) is 4.90 Å². The fraction of sp³-hybridized carbons (Fsp3) is 0.647. The molecule has 1 unspecified atom stereocenters. The van der Waals surface area contributed by atoms with Crippen LogP contribution < -0.4 is 11.0 Å². The van der Waals surface area contributed by atoms with Crippen molar-refractivity contribution in [2.45, 2.75) is 50.6 Å². The first kappa shape index (κ1) is 16.1. The van der Waals surface area contributed by atoms with Crippen LogP contribution in [-0.4, -0.2) is 49.2 Å². The van der Waals surface area contributed by atoms with Crippen LogP contribution in [0, 0.1) is 0 Å². The summed E-state index contributed by atoms with van der Waals surface area (Å²) in [6, 6.07) is 0.258. The third-order valence-corrected chi connectivity index (χ3v) is 5.50. The van der Waals surface area contributed by atoms with Gasteiger partial charge in [0.2, 0.25) is 0 Å². The first-order valence-electron chi connectivity index (χ1n) is 9.07. The number of hydrogen-bond donors (Lipinski definition) is 1. The van der Waals surface area contributed by atoms with Gasteiger partial charge in [-0.3, -0.25) is 9.13 Å². The summed E-state index contributed by atoms with van der Waals surface area (Å²) >= 11 is 0. The van der Waals surface area contributed by atoms with Crippen molar-refractivity contribution in [3.8, 4) is 0 Å². The zero-order valence-corrected chi connectivity index (χ0v) is 14.5. The SMILES string of the molecule is Cn1c(=O)n(C2CCN(C(=O)NC3CCCCC3)C2)c2ncncc21. The minimum atomic E-state index is -0.102. The first-order chi connectivity index (χ1) is 12.1. The molecule has 1 aliphatic carbocycles. The second-order valence-electron chi connectivity index (χ2n) is 7.12. The highest BCUT2D eigenvalue weighted by Crippen LogP contribution is 2.24. The van der Waals surface area contributed by atoms with Crippen molar-refractivity contribution < 1.29 is 4.79 Å². The van der Waals surface area contributed by atoms with E-state index >= 15 is 0 Å². The molecule has 0 radical (unpaired) electrons. The summed E-state index contributed by atoms with van der Waals surface area (Å²) in [5, 5.41) is 3.16. The van der Waals surface area contributed by atoms with Crippen molar-refractivity contribution >= 4 is 17.2 Å². The maximum Gasteiger partial charge on any atom is 0.330 e. The second-order valence-corrected chi connectivity index (χ2v) is 7.12. The maximum atomic E-state index is 12.6. The van der Waals surface area contributed by atoms with E-state index in [0.717, 1.165) is 24.8 Å². The van der Waals surface area contributed by atoms with Crippen molar-refractivity contribution in [1.29, 1.82) is 0 Å². The fourth-order valence-electron chi connectivity index (χ4n) is 4.07. The normalized spacial score (nSPS) is 21.8. The van der Waals surface area contributed by atoms with Gasteiger partial charge in [0, 0.05) is 26.2 Å². The summed E-state index contributed by atoms with van der Waals surface area (Å²) in [6.07, 6.45) is 9.68. The second kappa shape index (κ2) is 6.50. The van der Waals surface area contributed by atoms with E-state index in [1.165, 1.54) is 25.6 Å². The van der Waals surface area contributed by atoms with Gasteiger partial charge in [-0.05, 0) is 19.3 Å². The lowest BCUT2D eigenvalue weighted by molar-refractivity contribution is 0.199. The number of likely N-dealkylation sites (tertiary alicyclic amines) is 1. The minimum absolute atomic E-state index is 0.00249. The van der Waals surface area contributed by atoms with E-state index in [9.17, 15) is 9.59 Å². The Balaban J connectivity index is 1.50. The number of hydrogen-bond acceptors (Lipinski definition) is 4. The molecule has 1 aliphatic heterocycles. The Morgan fingerprint density at radius 1 is 1.24 bits per heavy atom. The number of aryl methyl sites for hydroxylation is 1. The molecular formula is C17H24N6O2. The third-order valence-electron chi connectivity index (χ3n) is 5.50. The van der Waals surface area contributed by atoms with E-state index in [-0.39, 0.29) is 17.8 Å². The minimum Gasteiger partial charge on any atom is -0.335 e. The molecule has 2 aromatic rings. The average Bonchev–Trinajstić information content (AvgIpc) is 3.20. The molecule has 0 aromatic carbocycles. The number of rotatable bonds is 2. The fourth-order valence-corrected chi connectivity index (χ4v) is 4.07. The summed E-state index contributed by atoms with van der Waals surface area (Å²) in [6.45, 7) is 1.21. The lowest BCUT2D eigenvalue weighted by Crippen LogP contribution is -2.44. The molecule has 2 fully saturated rings. The average molecular weight is 344 g/mol. The Kier molecular flexibility index (Phi) is 4.19. The molecule has 1 N–H and O–H groups in total. The molecule has 1 saturated carbocycles. The Morgan fingerprint density at radius 2 is 2.04 bits per heavy atom. The van der Waals surface area contributed by atoms with Gasteiger partial charge in [0.05, 0.1) is 12.2 Å². The van der Waals surface area contributed by atoms with Gasteiger partial charge < -0.3 is 10.2 Å². The predicted molar refractivity (Wildman–Crippen MR) is 93.4 cm³/mol. The molecular weight excluding hydrogens is 320 g/mol. The molecule has 2 aromatic heterocycles. The summed E-state index contributed by atoms with van der Waals surface area (Å²) in [4.78, 5) is 35.3. The zero-order valence-electron chi connectivity index (χ0n) is 14.5. The first-order valence-corrected chi connectivity index (χ1v) is 9.07. The number of nitrogens with zero attached hydrogens (tertiary/aromatic N) is 5. The molecule has 0 spiro atoms. The Morgan fingerprint density at radius 3 is 2.84 bits per heavy atom. The Labute approximate surface area is 145 Å². The van der Waals surface area contributed by atoms with Crippen LogP contribution in [0.25, 0.3) is 11.2 Å². The monoisotopic (exact) mass is 344 g/mol. The van der Waals surface area contributed by atoms with Gasteiger partial charge in [-0.1, -0.05) is 19.3 Å². The van der Waals surface area contributed by atoms with Crippen LogP contribution in [0.2, 0.25) is 0 Å². The molecule has 1 saturated heterocycles. The van der Waals surface area contributed by atoms with E-state index in [4.69, 9.17) is 0 Å². The number of urea groups is 1. The van der Waals surface area contributed by atoms with Crippen molar-refractivity contribution in [2.24, 2.45) is 7.05 Å². The van der Waals surface area contributed by atoms with E-state index in [0.29, 0.717) is 24.8 Å². The highest BCUT2D eigenvalue weighted by atomic mass is 16.2. The number of fused-ring (bicyclic) bond motifs is 1. The standard InChI is InChI=1S/C17H24N6O2/c1-21-14-9-18-11-19-15(14)23(17(21)25)13-7-8-22(10-13)16(24)20-12-5-3-2-4-6-12/h9,11-13H,2-8,10H2,1H3,(H,20,24). The highest BCUT2D eigenvalue weighted by molar-refractivity contribution is 5.75. The molecule has 2 amide bonds. The highest BCUT2D eigenvalue weighted by Gasteiger charge is 2.31. The summed E-state index contributed by atoms with van der Waals surface area (Å²) in [5.41, 5.74) is 1.26. The zero-order chi connectivity index (χ0) is 17.4. The molecule has 2 aliphatic rings. The number of nitrogens with one attached hydrogen (secondary N) is 1. The molecule has 134 valence electrons. The van der Waals surface area contributed by atoms with E-state index in [1.54, 1.807) is 22.4 Å². The van der Waals surface area contributed by atoms with Gasteiger partial charge in [0.1, 0.15) is 11.8 Å². The number of aromatic nitrogens is 4. The van der Waals surface area contributed by atoms with Crippen LogP contribution in [0.1, 0.15) is 44.6 Å². The van der Waals surface area contributed by atoms with Gasteiger partial charge >= 0.3 is 11.7 Å². The van der Waals surface area contributed by atoms with E-state index < -0.39 is 0 Å². The lowest BCUT2D eigenvalue weighted by Gasteiger charge is -2.26. The number of carbonyl (C=O) groups is 1. The van der Waals surface area contributed by atoms with Crippen LogP contribution in [0.5, 0.6) is 0 Å². The lowest BCUT2D eigenvalue weighted by atomic mass is 9.96. The molecule has 3 heterocycles. The number of carbonyl (C=O) groups excluding carboxylic acids is 1. The molecule has 0 bridgehead atoms. The summed E-state index contributed by atoms with van der Waals surface area (Å²) in [5.74, 6) is 0. The molecule has 1 atom stereocenters. The van der Waals surface area contributed by atoms with Crippen molar-refractivity contribution in [3.05, 3.63) is 23.0 Å². The van der Waals surface area contributed by atoms with Gasteiger partial charge in [-0.2, -0.15) is 0 Å². The maximum absolute atomic E-state index is 12.6. The molecule has 8 nitrogen and oxygen atoms in total. The quantitative estimate of drug-likeness (QED) is 0.893. The van der Waals surface area contributed by atoms with Crippen molar-refractivity contribution in [2.75, 3.05) is 13.1 Å². The number of amides is 2. The van der Waals surface area contributed by atoms with Gasteiger partial charge in [0.25, 0.3) is 0 Å². The smallest absolute Gasteiger partial charge is 0.330 e. The Hall–Kier alpha value is -2.38. The van der Waals surface area contributed by atoms with Crippen LogP contribution in [-0.2, 0) is 7.05 Å². The summed E-state index contributed by atoms with van der Waals surface area (Å²) in [7, 11) is 1.73. The van der Waals surface area contributed by atoms with Gasteiger partial charge in [-0.25, -0.2) is 19.6 Å². The summed E-state index contributed by atoms with van der Waals surface area (Å²) < 4.78 is 3.28. The van der Waals surface area contributed by atoms with E-state index in [2.05, 4.69) is 15.3 Å². The van der Waals surface area contributed by atoms with Crippen LogP contribution in [0.3, 0.4) is 0 Å². The topological polar surface area (TPSA) is 85.0 Å². The van der Waals surface area contributed by atoms with Crippen LogP contribution in [0.4, 0.5) is 4.79 Å². The van der Waals surface area contributed by atoms with Crippen LogP contribution >= 0.6 is 0 Å². The van der Waals surface area contributed by atoms with Crippen molar-refractivity contribution in [1.82, 2.24) is 29.3 Å². The third kappa shape index (κ3) is 2.89.